The normalized spacial score (nSPS) is 24.8. The fourth-order valence-electron chi connectivity index (χ4n) is 3.74. The van der Waals surface area contributed by atoms with Gasteiger partial charge in [0.15, 0.2) is 5.75 Å². The fourth-order valence-corrected chi connectivity index (χ4v) is 3.99. The second-order valence-corrected chi connectivity index (χ2v) is 7.82. The maximum atomic E-state index is 12.7. The molecule has 0 saturated carbocycles. The summed E-state index contributed by atoms with van der Waals surface area (Å²) in [4.78, 5) is 39.9. The highest BCUT2D eigenvalue weighted by atomic mass is 35.5. The van der Waals surface area contributed by atoms with E-state index in [9.17, 15) is 14.4 Å². The number of hydrogen-bond acceptors (Lipinski definition) is 5. The summed E-state index contributed by atoms with van der Waals surface area (Å²) in [5.41, 5.74) is -0.124. The zero-order chi connectivity index (χ0) is 20.5. The van der Waals surface area contributed by atoms with Crippen LogP contribution in [0.3, 0.4) is 0 Å². The van der Waals surface area contributed by atoms with E-state index in [1.807, 2.05) is 19.1 Å². The number of ether oxygens (including phenoxy) is 1. The maximum absolute atomic E-state index is 12.7. The topological polar surface area (TPSA) is 91.0 Å². The van der Waals surface area contributed by atoms with Crippen molar-refractivity contribution in [2.24, 2.45) is 0 Å². The van der Waals surface area contributed by atoms with E-state index in [4.69, 9.17) is 16.3 Å². The average Bonchev–Trinajstić information content (AvgIpc) is 2.91. The van der Waals surface area contributed by atoms with Crippen LogP contribution in [-0.4, -0.2) is 61.1 Å². The summed E-state index contributed by atoms with van der Waals surface area (Å²) >= 11 is 6.24. The van der Waals surface area contributed by atoms with E-state index in [2.05, 4.69) is 15.5 Å². The minimum Gasteiger partial charge on any atom is -0.493 e. The molecule has 2 aliphatic heterocycles. The molecule has 3 rings (SSSR count). The number of hydrogen-bond donors (Lipinski definition) is 2. The van der Waals surface area contributed by atoms with E-state index in [0.717, 1.165) is 5.69 Å². The Bertz CT molecular complexity index is 802. The van der Waals surface area contributed by atoms with Gasteiger partial charge in [0.05, 0.1) is 17.8 Å². The van der Waals surface area contributed by atoms with Gasteiger partial charge in [-0.25, -0.2) is 4.79 Å². The molecule has 0 aliphatic carbocycles. The van der Waals surface area contributed by atoms with Gasteiger partial charge in [0.2, 0.25) is 5.91 Å². The van der Waals surface area contributed by atoms with Crippen LogP contribution in [0.15, 0.2) is 18.2 Å². The lowest BCUT2D eigenvalue weighted by atomic mass is 9.95. The van der Waals surface area contributed by atoms with Crippen molar-refractivity contribution in [1.29, 1.82) is 0 Å². The molecule has 2 heterocycles. The molecule has 2 fully saturated rings. The molecule has 0 aromatic heterocycles. The Balaban J connectivity index is 1.61. The monoisotopic (exact) mass is 408 g/mol. The Kier molecular flexibility index (Phi) is 5.69. The zero-order valence-electron chi connectivity index (χ0n) is 16.3. The fraction of sp³-hybridized carbons (Fsp3) is 0.526. The summed E-state index contributed by atoms with van der Waals surface area (Å²) in [6.07, 6.45) is 0.456. The standard InChI is InChI=1S/C19H25ClN4O4/c1-12-11-23(15(25)7-8-19(2)17(26)21-18(27)22-19)9-10-24(12)14-6-4-5-13(20)16(14)28-3/h4-6,12H,7-11H2,1-3H3,(H2,21,22,26,27)/t12-,19+/m0/s1. The maximum Gasteiger partial charge on any atom is 0.322 e. The molecule has 28 heavy (non-hydrogen) atoms. The van der Waals surface area contributed by atoms with Crippen LogP contribution < -0.4 is 20.3 Å². The van der Waals surface area contributed by atoms with E-state index in [1.165, 1.54) is 0 Å². The smallest absolute Gasteiger partial charge is 0.322 e. The summed E-state index contributed by atoms with van der Waals surface area (Å²) in [5.74, 6) is 0.211. The summed E-state index contributed by atoms with van der Waals surface area (Å²) in [7, 11) is 1.59. The van der Waals surface area contributed by atoms with Gasteiger partial charge in [0, 0.05) is 32.1 Å². The van der Waals surface area contributed by atoms with Crippen molar-refractivity contribution in [3.63, 3.8) is 0 Å². The Morgan fingerprint density at radius 1 is 1.36 bits per heavy atom. The number of nitrogens with one attached hydrogen (secondary N) is 2. The number of urea groups is 1. The molecule has 9 heteroatoms. The van der Waals surface area contributed by atoms with Gasteiger partial charge in [0.25, 0.3) is 5.91 Å². The van der Waals surface area contributed by atoms with Crippen LogP contribution in [0.1, 0.15) is 26.7 Å². The Hall–Kier alpha value is -2.48. The molecule has 8 nitrogen and oxygen atoms in total. The number of para-hydroxylation sites is 1. The van der Waals surface area contributed by atoms with Crippen LogP contribution in [0.4, 0.5) is 10.5 Å². The van der Waals surface area contributed by atoms with Crippen molar-refractivity contribution in [2.45, 2.75) is 38.3 Å². The van der Waals surface area contributed by atoms with Gasteiger partial charge >= 0.3 is 6.03 Å². The van der Waals surface area contributed by atoms with E-state index in [-0.39, 0.29) is 24.8 Å². The second kappa shape index (κ2) is 7.87. The van der Waals surface area contributed by atoms with E-state index >= 15 is 0 Å². The highest BCUT2D eigenvalue weighted by Gasteiger charge is 2.42. The van der Waals surface area contributed by atoms with Gasteiger partial charge in [-0.2, -0.15) is 0 Å². The van der Waals surface area contributed by atoms with Crippen LogP contribution >= 0.6 is 11.6 Å². The number of halogens is 1. The van der Waals surface area contributed by atoms with Gasteiger partial charge in [-0.1, -0.05) is 17.7 Å². The van der Waals surface area contributed by atoms with Gasteiger partial charge in [-0.3, -0.25) is 14.9 Å². The van der Waals surface area contributed by atoms with Gasteiger partial charge in [0.1, 0.15) is 5.54 Å². The average molecular weight is 409 g/mol. The van der Waals surface area contributed by atoms with E-state index < -0.39 is 17.5 Å². The first-order valence-corrected chi connectivity index (χ1v) is 9.63. The van der Waals surface area contributed by atoms with Crippen molar-refractivity contribution in [1.82, 2.24) is 15.5 Å². The zero-order valence-corrected chi connectivity index (χ0v) is 17.0. The summed E-state index contributed by atoms with van der Waals surface area (Å²) < 4.78 is 5.45. The Morgan fingerprint density at radius 2 is 2.11 bits per heavy atom. The van der Waals surface area contributed by atoms with Crippen LogP contribution in [0, 0.1) is 0 Å². The molecular weight excluding hydrogens is 384 g/mol. The molecule has 1 aromatic carbocycles. The van der Waals surface area contributed by atoms with E-state index in [0.29, 0.717) is 30.4 Å². The highest BCUT2D eigenvalue weighted by molar-refractivity contribution is 6.32. The summed E-state index contributed by atoms with van der Waals surface area (Å²) in [6, 6.07) is 5.19. The first kappa shape index (κ1) is 20.3. The molecule has 0 radical (unpaired) electrons. The minimum absolute atomic E-state index is 0.0280. The number of imide groups is 1. The molecule has 4 amide bonds. The molecule has 2 saturated heterocycles. The minimum atomic E-state index is -1.03. The summed E-state index contributed by atoms with van der Waals surface area (Å²) in [6.45, 7) is 5.45. The van der Waals surface area contributed by atoms with Crippen molar-refractivity contribution >= 4 is 35.1 Å². The van der Waals surface area contributed by atoms with Gasteiger partial charge in [-0.05, 0) is 32.4 Å². The third kappa shape index (κ3) is 3.87. The third-order valence-electron chi connectivity index (χ3n) is 5.40. The van der Waals surface area contributed by atoms with Crippen molar-refractivity contribution in [3.05, 3.63) is 23.2 Å². The van der Waals surface area contributed by atoms with Crippen LogP contribution in [0.25, 0.3) is 0 Å². The third-order valence-corrected chi connectivity index (χ3v) is 5.69. The van der Waals surface area contributed by atoms with Crippen LogP contribution in [0.5, 0.6) is 5.75 Å². The molecule has 152 valence electrons. The van der Waals surface area contributed by atoms with Crippen molar-refractivity contribution in [3.8, 4) is 5.75 Å². The predicted octanol–water partition coefficient (Wildman–Crippen LogP) is 1.76. The van der Waals surface area contributed by atoms with Crippen molar-refractivity contribution in [2.75, 3.05) is 31.6 Å². The number of anilines is 1. The van der Waals surface area contributed by atoms with E-state index in [1.54, 1.807) is 25.0 Å². The van der Waals surface area contributed by atoms with Crippen LogP contribution in [0.2, 0.25) is 5.02 Å². The molecule has 0 spiro atoms. The SMILES string of the molecule is COc1c(Cl)cccc1N1CCN(C(=O)CC[C@@]2(C)NC(=O)NC2=O)C[C@@H]1C. The largest absolute Gasteiger partial charge is 0.493 e. The number of amides is 4. The number of carbonyl (C=O) groups excluding carboxylic acids is 3. The molecule has 2 atom stereocenters. The molecule has 1 aromatic rings. The Morgan fingerprint density at radius 3 is 2.71 bits per heavy atom. The Labute approximate surface area is 169 Å². The van der Waals surface area contributed by atoms with Crippen LogP contribution in [-0.2, 0) is 9.59 Å². The number of piperazine rings is 1. The van der Waals surface area contributed by atoms with Gasteiger partial charge in [-0.15, -0.1) is 0 Å². The number of benzene rings is 1. The van der Waals surface area contributed by atoms with Gasteiger partial charge < -0.3 is 19.9 Å². The first-order valence-electron chi connectivity index (χ1n) is 9.25. The lowest BCUT2D eigenvalue weighted by molar-refractivity contribution is -0.132. The number of methoxy groups -OCH3 is 1. The van der Waals surface area contributed by atoms with Crippen molar-refractivity contribution < 1.29 is 19.1 Å². The number of carbonyl (C=O) groups is 3. The molecule has 0 unspecified atom stereocenters. The molecule has 0 bridgehead atoms. The lowest BCUT2D eigenvalue weighted by Gasteiger charge is -2.42. The predicted molar refractivity (Wildman–Crippen MR) is 106 cm³/mol. The first-order chi connectivity index (χ1) is 13.2. The number of rotatable bonds is 5. The summed E-state index contributed by atoms with van der Waals surface area (Å²) in [5, 5.41) is 5.35. The highest BCUT2D eigenvalue weighted by Crippen LogP contribution is 2.37. The number of nitrogens with zero attached hydrogens (tertiary/aromatic N) is 2. The lowest BCUT2D eigenvalue weighted by Crippen LogP contribution is -2.54. The quantitative estimate of drug-likeness (QED) is 0.724. The molecule has 2 N–H and O–H groups in total. The molecule has 2 aliphatic rings. The molecular formula is C19H25ClN4O4. The second-order valence-electron chi connectivity index (χ2n) is 7.41.